The molecule has 0 radical (unpaired) electrons. The van der Waals surface area contributed by atoms with Crippen LogP contribution in [0, 0.1) is 0 Å². The fourth-order valence-corrected chi connectivity index (χ4v) is 2.78. The number of fused-ring (bicyclic) bond motifs is 1. The van der Waals surface area contributed by atoms with Crippen LogP contribution in [-0.2, 0) is 5.41 Å². The molecule has 0 aliphatic carbocycles. The number of hydrogen-bond acceptors (Lipinski definition) is 3. The molecule has 3 rings (SSSR count). The Bertz CT molecular complexity index is 1010. The number of aromatic nitrogens is 1. The maximum absolute atomic E-state index is 12.5. The van der Waals surface area contributed by atoms with E-state index in [1.54, 1.807) is 30.3 Å². The first kappa shape index (κ1) is 16.8. The minimum atomic E-state index is -0.519. The van der Waals surface area contributed by atoms with Crippen LogP contribution in [0.15, 0.2) is 53.5 Å². The molecule has 25 heavy (non-hydrogen) atoms. The number of aromatic amines is 1. The molecule has 3 aromatic rings. The van der Waals surface area contributed by atoms with Crippen LogP contribution in [0.3, 0.4) is 0 Å². The summed E-state index contributed by atoms with van der Waals surface area (Å²) in [7, 11) is 0. The molecule has 0 bridgehead atoms. The Hall–Kier alpha value is -3.08. The normalized spacial score (nSPS) is 11.5. The van der Waals surface area contributed by atoms with E-state index in [1.807, 2.05) is 26.8 Å². The van der Waals surface area contributed by atoms with Crippen LogP contribution in [0.1, 0.15) is 36.7 Å². The predicted molar refractivity (Wildman–Crippen MR) is 99.3 cm³/mol. The number of benzene rings is 2. The van der Waals surface area contributed by atoms with E-state index in [9.17, 15) is 14.7 Å². The molecule has 5 nitrogen and oxygen atoms in total. The number of para-hydroxylation sites is 1. The quantitative estimate of drug-likeness (QED) is 0.666. The van der Waals surface area contributed by atoms with E-state index in [-0.39, 0.29) is 22.2 Å². The molecule has 0 aliphatic rings. The van der Waals surface area contributed by atoms with Crippen molar-refractivity contribution in [3.8, 4) is 5.75 Å². The van der Waals surface area contributed by atoms with Gasteiger partial charge in [0, 0.05) is 28.9 Å². The minimum absolute atomic E-state index is 0.0260. The van der Waals surface area contributed by atoms with Gasteiger partial charge in [0.1, 0.15) is 11.3 Å². The number of anilines is 1. The molecule has 1 amide bonds. The van der Waals surface area contributed by atoms with Gasteiger partial charge in [-0.1, -0.05) is 39.0 Å². The maximum atomic E-state index is 12.5. The zero-order chi connectivity index (χ0) is 18.2. The molecule has 0 spiro atoms. The van der Waals surface area contributed by atoms with Crippen molar-refractivity contribution in [3.05, 3.63) is 70.0 Å². The zero-order valence-corrected chi connectivity index (χ0v) is 14.4. The number of phenols is 1. The van der Waals surface area contributed by atoms with Gasteiger partial charge in [-0.2, -0.15) is 0 Å². The van der Waals surface area contributed by atoms with Gasteiger partial charge in [-0.3, -0.25) is 9.59 Å². The first-order chi connectivity index (χ1) is 11.8. The molecule has 1 heterocycles. The van der Waals surface area contributed by atoms with Gasteiger partial charge in [0.25, 0.3) is 5.91 Å². The van der Waals surface area contributed by atoms with E-state index in [1.165, 1.54) is 12.3 Å². The third kappa shape index (κ3) is 3.26. The maximum Gasteiger partial charge on any atom is 0.261 e. The standard InChI is InChI=1S/C20H20N2O3/c1-20(2,3)15-9-8-12(10-17(15)23)22-19(25)14-11-21-16-7-5-4-6-13(16)18(14)24/h4-11,23H,1-3H3,(H,21,24)(H,22,25). The lowest BCUT2D eigenvalue weighted by atomic mass is 9.86. The topological polar surface area (TPSA) is 82.2 Å². The summed E-state index contributed by atoms with van der Waals surface area (Å²) < 4.78 is 0. The van der Waals surface area contributed by atoms with E-state index < -0.39 is 5.91 Å². The van der Waals surface area contributed by atoms with Crippen LogP contribution in [0.4, 0.5) is 5.69 Å². The Morgan fingerprint density at radius 3 is 2.52 bits per heavy atom. The second-order valence-corrected chi connectivity index (χ2v) is 7.01. The van der Waals surface area contributed by atoms with Gasteiger partial charge < -0.3 is 15.4 Å². The van der Waals surface area contributed by atoms with E-state index in [4.69, 9.17) is 0 Å². The van der Waals surface area contributed by atoms with Crippen LogP contribution in [-0.4, -0.2) is 16.0 Å². The Labute approximate surface area is 145 Å². The Balaban J connectivity index is 1.92. The second kappa shape index (κ2) is 6.09. The van der Waals surface area contributed by atoms with E-state index in [2.05, 4.69) is 10.3 Å². The van der Waals surface area contributed by atoms with Crippen LogP contribution in [0.2, 0.25) is 0 Å². The fraction of sp³-hybridized carbons (Fsp3) is 0.200. The zero-order valence-electron chi connectivity index (χ0n) is 14.4. The average molecular weight is 336 g/mol. The van der Waals surface area contributed by atoms with Crippen LogP contribution >= 0.6 is 0 Å². The lowest BCUT2D eigenvalue weighted by molar-refractivity contribution is 0.102. The van der Waals surface area contributed by atoms with Crippen molar-refractivity contribution < 1.29 is 9.90 Å². The molecular formula is C20H20N2O3. The monoisotopic (exact) mass is 336 g/mol. The van der Waals surface area contributed by atoms with E-state index in [0.717, 1.165) is 5.56 Å². The highest BCUT2D eigenvalue weighted by Crippen LogP contribution is 2.32. The molecule has 0 atom stereocenters. The lowest BCUT2D eigenvalue weighted by Gasteiger charge is -2.20. The Morgan fingerprint density at radius 2 is 1.84 bits per heavy atom. The number of carbonyl (C=O) groups excluding carboxylic acids is 1. The van der Waals surface area contributed by atoms with Crippen LogP contribution in [0.5, 0.6) is 5.75 Å². The molecule has 0 fully saturated rings. The van der Waals surface area contributed by atoms with Crippen LogP contribution < -0.4 is 10.7 Å². The van der Waals surface area contributed by atoms with Crippen molar-refractivity contribution in [3.63, 3.8) is 0 Å². The molecule has 1 aromatic heterocycles. The molecule has 0 saturated heterocycles. The molecule has 2 aromatic carbocycles. The molecule has 3 N–H and O–H groups in total. The SMILES string of the molecule is CC(C)(C)c1ccc(NC(=O)c2c[nH]c3ccccc3c2=O)cc1O. The minimum Gasteiger partial charge on any atom is -0.508 e. The summed E-state index contributed by atoms with van der Waals surface area (Å²) in [5.74, 6) is -0.410. The summed E-state index contributed by atoms with van der Waals surface area (Å²) in [6.45, 7) is 5.98. The van der Waals surface area contributed by atoms with Gasteiger partial charge in [-0.15, -0.1) is 0 Å². The largest absolute Gasteiger partial charge is 0.508 e. The van der Waals surface area contributed by atoms with Gasteiger partial charge in [0.05, 0.1) is 0 Å². The van der Waals surface area contributed by atoms with E-state index >= 15 is 0 Å². The first-order valence-corrected chi connectivity index (χ1v) is 8.02. The van der Waals surface area contributed by atoms with Gasteiger partial charge in [-0.05, 0) is 29.2 Å². The van der Waals surface area contributed by atoms with Crippen molar-refractivity contribution in [2.45, 2.75) is 26.2 Å². The molecule has 5 heteroatoms. The molecule has 0 aliphatic heterocycles. The smallest absolute Gasteiger partial charge is 0.261 e. The number of phenolic OH excluding ortho intramolecular Hbond substituents is 1. The molecule has 128 valence electrons. The molecule has 0 saturated carbocycles. The highest BCUT2D eigenvalue weighted by atomic mass is 16.3. The van der Waals surface area contributed by atoms with Crippen molar-refractivity contribution in [1.29, 1.82) is 0 Å². The number of aromatic hydroxyl groups is 1. The van der Waals surface area contributed by atoms with Crippen molar-refractivity contribution in [2.24, 2.45) is 0 Å². The lowest BCUT2D eigenvalue weighted by Crippen LogP contribution is -2.22. The summed E-state index contributed by atoms with van der Waals surface area (Å²) in [5, 5.41) is 13.3. The number of nitrogens with one attached hydrogen (secondary N) is 2. The summed E-state index contributed by atoms with van der Waals surface area (Å²) in [5.41, 5.74) is 1.39. The van der Waals surface area contributed by atoms with Crippen LogP contribution in [0.25, 0.3) is 10.9 Å². The van der Waals surface area contributed by atoms with Gasteiger partial charge >= 0.3 is 0 Å². The number of carbonyl (C=O) groups is 1. The van der Waals surface area contributed by atoms with Gasteiger partial charge in [-0.25, -0.2) is 0 Å². The third-order valence-corrected chi connectivity index (χ3v) is 4.10. The van der Waals surface area contributed by atoms with Crippen molar-refractivity contribution in [1.82, 2.24) is 4.98 Å². The number of pyridine rings is 1. The molecule has 0 unspecified atom stereocenters. The number of H-pyrrole nitrogens is 1. The van der Waals surface area contributed by atoms with E-state index in [0.29, 0.717) is 16.6 Å². The van der Waals surface area contributed by atoms with Gasteiger partial charge in [0.15, 0.2) is 0 Å². The summed E-state index contributed by atoms with van der Waals surface area (Å²) in [4.78, 5) is 27.9. The Morgan fingerprint density at radius 1 is 1.12 bits per heavy atom. The average Bonchev–Trinajstić information content (AvgIpc) is 2.54. The summed E-state index contributed by atoms with van der Waals surface area (Å²) in [6, 6.07) is 12.0. The summed E-state index contributed by atoms with van der Waals surface area (Å²) in [6.07, 6.45) is 1.41. The highest BCUT2D eigenvalue weighted by molar-refractivity contribution is 6.05. The third-order valence-electron chi connectivity index (χ3n) is 4.10. The molecular weight excluding hydrogens is 316 g/mol. The highest BCUT2D eigenvalue weighted by Gasteiger charge is 2.19. The fourth-order valence-electron chi connectivity index (χ4n) is 2.78. The Kier molecular flexibility index (Phi) is 4.08. The predicted octanol–water partition coefficient (Wildman–Crippen LogP) is 3.78. The number of amides is 1. The van der Waals surface area contributed by atoms with Crippen molar-refractivity contribution >= 4 is 22.5 Å². The van der Waals surface area contributed by atoms with Crippen molar-refractivity contribution in [2.75, 3.05) is 5.32 Å². The summed E-state index contributed by atoms with van der Waals surface area (Å²) >= 11 is 0. The second-order valence-electron chi connectivity index (χ2n) is 7.01. The van der Waals surface area contributed by atoms with Gasteiger partial charge in [0.2, 0.25) is 5.43 Å². The number of hydrogen-bond donors (Lipinski definition) is 3. The number of rotatable bonds is 2. The first-order valence-electron chi connectivity index (χ1n) is 8.02.